The zero-order valence-electron chi connectivity index (χ0n) is 15.9. The number of rotatable bonds is 6. The van der Waals surface area contributed by atoms with Gasteiger partial charge in [0.15, 0.2) is 12.4 Å². The first-order valence-electron chi connectivity index (χ1n) is 9.37. The average Bonchev–Trinajstić information content (AvgIpc) is 2.72. The third-order valence-corrected chi connectivity index (χ3v) is 4.95. The summed E-state index contributed by atoms with van der Waals surface area (Å²) in [4.78, 5) is 28.6. The van der Waals surface area contributed by atoms with Crippen LogP contribution in [-0.4, -0.2) is 54.8 Å². The van der Waals surface area contributed by atoms with Crippen LogP contribution in [0.25, 0.3) is 0 Å². The molecule has 1 aliphatic heterocycles. The van der Waals surface area contributed by atoms with Crippen molar-refractivity contribution in [1.82, 2.24) is 9.80 Å². The smallest absolute Gasteiger partial charge is 0.261 e. The molecule has 0 N–H and O–H groups in total. The van der Waals surface area contributed by atoms with E-state index in [0.717, 1.165) is 18.7 Å². The number of carbonyl (C=O) groups excluding carboxylic acids is 2. The first kappa shape index (κ1) is 19.1. The van der Waals surface area contributed by atoms with Gasteiger partial charge in [0.25, 0.3) is 5.91 Å². The highest BCUT2D eigenvalue weighted by atomic mass is 16.5. The van der Waals surface area contributed by atoms with Gasteiger partial charge in [-0.15, -0.1) is 0 Å². The molecule has 0 saturated carbocycles. The molecular weight excluding hydrogens is 340 g/mol. The Balaban J connectivity index is 1.64. The fourth-order valence-corrected chi connectivity index (χ4v) is 3.35. The van der Waals surface area contributed by atoms with Crippen LogP contribution in [0.4, 0.5) is 0 Å². The predicted octanol–water partition coefficient (Wildman–Crippen LogP) is 3.17. The lowest BCUT2D eigenvalue weighted by Crippen LogP contribution is -2.50. The van der Waals surface area contributed by atoms with E-state index >= 15 is 0 Å². The molecule has 2 aromatic rings. The molecule has 27 heavy (non-hydrogen) atoms. The summed E-state index contributed by atoms with van der Waals surface area (Å²) in [6, 6.07) is 17.1. The molecule has 1 heterocycles. The van der Waals surface area contributed by atoms with Crippen LogP contribution in [0.1, 0.15) is 35.3 Å². The molecule has 1 fully saturated rings. The number of hydrogen-bond donors (Lipinski definition) is 0. The number of Topliss-reactive ketones (excluding diaryl/α,β-unsaturated/α-hetero) is 1. The highest BCUT2D eigenvalue weighted by Gasteiger charge is 2.30. The van der Waals surface area contributed by atoms with Crippen molar-refractivity contribution < 1.29 is 14.3 Å². The van der Waals surface area contributed by atoms with E-state index in [1.807, 2.05) is 30.0 Å². The minimum absolute atomic E-state index is 0.00583. The highest BCUT2D eigenvalue weighted by molar-refractivity contribution is 5.95. The van der Waals surface area contributed by atoms with E-state index < -0.39 is 0 Å². The van der Waals surface area contributed by atoms with Gasteiger partial charge in [-0.05, 0) is 36.9 Å². The van der Waals surface area contributed by atoms with Crippen LogP contribution < -0.4 is 4.74 Å². The maximum Gasteiger partial charge on any atom is 0.261 e. The molecule has 1 saturated heterocycles. The summed E-state index contributed by atoms with van der Waals surface area (Å²) in [5.74, 6) is 0.674. The van der Waals surface area contributed by atoms with Gasteiger partial charge in [-0.3, -0.25) is 9.59 Å². The van der Waals surface area contributed by atoms with Gasteiger partial charge in [-0.25, -0.2) is 0 Å². The second-order valence-electron chi connectivity index (χ2n) is 6.87. The molecule has 5 heteroatoms. The standard InChI is InChI=1S/C22H26N2O3/c1-3-21(25)18-9-11-19(12-10-18)27-16-22(26)24-14-13-23(2)15-20(24)17-7-5-4-6-8-17/h4-12,20H,3,13-16H2,1-2H3/t20-/m0/s1. The Labute approximate surface area is 160 Å². The van der Waals surface area contributed by atoms with Crippen molar-refractivity contribution in [2.75, 3.05) is 33.3 Å². The van der Waals surface area contributed by atoms with Gasteiger partial charge in [0.1, 0.15) is 5.75 Å². The van der Waals surface area contributed by atoms with E-state index in [-0.39, 0.29) is 24.3 Å². The zero-order valence-corrected chi connectivity index (χ0v) is 15.9. The number of likely N-dealkylation sites (N-methyl/N-ethyl adjacent to an activating group) is 1. The SMILES string of the molecule is CCC(=O)c1ccc(OCC(=O)N2CCN(C)C[C@H]2c2ccccc2)cc1. The predicted molar refractivity (Wildman–Crippen MR) is 105 cm³/mol. The van der Waals surface area contributed by atoms with Gasteiger partial charge in [0, 0.05) is 31.6 Å². The van der Waals surface area contributed by atoms with Gasteiger partial charge in [-0.1, -0.05) is 37.3 Å². The molecule has 1 atom stereocenters. The molecule has 0 aliphatic carbocycles. The van der Waals surface area contributed by atoms with Crippen LogP contribution in [0.3, 0.4) is 0 Å². The Kier molecular flexibility index (Phi) is 6.24. The molecule has 1 aliphatic rings. The summed E-state index contributed by atoms with van der Waals surface area (Å²) in [5, 5.41) is 0. The fraction of sp³-hybridized carbons (Fsp3) is 0.364. The van der Waals surface area contributed by atoms with Gasteiger partial charge < -0.3 is 14.5 Å². The van der Waals surface area contributed by atoms with Crippen LogP contribution in [0.2, 0.25) is 0 Å². The number of hydrogen-bond acceptors (Lipinski definition) is 4. The molecule has 0 unspecified atom stereocenters. The van der Waals surface area contributed by atoms with E-state index in [0.29, 0.717) is 24.3 Å². The third kappa shape index (κ3) is 4.74. The van der Waals surface area contributed by atoms with Gasteiger partial charge in [0.2, 0.25) is 0 Å². The van der Waals surface area contributed by atoms with E-state index in [1.54, 1.807) is 24.3 Å². The molecule has 142 valence electrons. The van der Waals surface area contributed by atoms with Gasteiger partial charge in [-0.2, -0.15) is 0 Å². The molecule has 2 aromatic carbocycles. The second-order valence-corrected chi connectivity index (χ2v) is 6.87. The normalized spacial score (nSPS) is 17.6. The van der Waals surface area contributed by atoms with E-state index in [1.165, 1.54) is 0 Å². The van der Waals surface area contributed by atoms with Gasteiger partial charge >= 0.3 is 0 Å². The number of nitrogens with zero attached hydrogens (tertiary/aromatic N) is 2. The van der Waals surface area contributed by atoms with E-state index in [4.69, 9.17) is 4.74 Å². The molecule has 5 nitrogen and oxygen atoms in total. The molecule has 0 spiro atoms. The Morgan fingerprint density at radius 1 is 1.04 bits per heavy atom. The van der Waals surface area contributed by atoms with Crippen molar-refractivity contribution in [2.45, 2.75) is 19.4 Å². The number of ether oxygens (including phenoxy) is 1. The minimum Gasteiger partial charge on any atom is -0.484 e. The molecule has 3 rings (SSSR count). The second kappa shape index (κ2) is 8.82. The van der Waals surface area contributed by atoms with Crippen molar-refractivity contribution in [2.24, 2.45) is 0 Å². The van der Waals surface area contributed by atoms with Crippen LogP contribution in [-0.2, 0) is 4.79 Å². The fourth-order valence-electron chi connectivity index (χ4n) is 3.35. The Morgan fingerprint density at radius 3 is 2.41 bits per heavy atom. The van der Waals surface area contributed by atoms with Crippen molar-refractivity contribution in [1.29, 1.82) is 0 Å². The summed E-state index contributed by atoms with van der Waals surface area (Å²) in [5.41, 5.74) is 1.80. The lowest BCUT2D eigenvalue weighted by Gasteiger charge is -2.40. The molecule has 0 radical (unpaired) electrons. The van der Waals surface area contributed by atoms with Gasteiger partial charge in [0.05, 0.1) is 6.04 Å². The van der Waals surface area contributed by atoms with Crippen LogP contribution >= 0.6 is 0 Å². The van der Waals surface area contributed by atoms with Crippen LogP contribution in [0.15, 0.2) is 54.6 Å². The first-order valence-corrected chi connectivity index (χ1v) is 9.37. The Bertz CT molecular complexity index is 774. The summed E-state index contributed by atoms with van der Waals surface area (Å²) in [6.45, 7) is 4.17. The number of amides is 1. The number of piperazine rings is 1. The summed E-state index contributed by atoms with van der Waals surface area (Å²) < 4.78 is 5.68. The summed E-state index contributed by atoms with van der Waals surface area (Å²) in [7, 11) is 2.08. The Morgan fingerprint density at radius 2 is 1.74 bits per heavy atom. The van der Waals surface area contributed by atoms with Crippen molar-refractivity contribution >= 4 is 11.7 Å². The minimum atomic E-state index is -0.0225. The first-order chi connectivity index (χ1) is 13.1. The largest absolute Gasteiger partial charge is 0.484 e. The number of carbonyl (C=O) groups is 2. The summed E-state index contributed by atoms with van der Waals surface area (Å²) in [6.07, 6.45) is 0.475. The maximum absolute atomic E-state index is 12.8. The van der Waals surface area contributed by atoms with Crippen molar-refractivity contribution in [3.8, 4) is 5.75 Å². The molecule has 0 bridgehead atoms. The lowest BCUT2D eigenvalue weighted by molar-refractivity contribution is -0.138. The summed E-state index contributed by atoms with van der Waals surface area (Å²) >= 11 is 0. The number of benzene rings is 2. The van der Waals surface area contributed by atoms with E-state index in [9.17, 15) is 9.59 Å². The topological polar surface area (TPSA) is 49.9 Å². The average molecular weight is 366 g/mol. The quantitative estimate of drug-likeness (QED) is 0.737. The van der Waals surface area contributed by atoms with Crippen LogP contribution in [0, 0.1) is 0 Å². The van der Waals surface area contributed by atoms with E-state index in [2.05, 4.69) is 24.1 Å². The molecule has 1 amide bonds. The Hall–Kier alpha value is -2.66. The van der Waals surface area contributed by atoms with Crippen molar-refractivity contribution in [3.05, 3.63) is 65.7 Å². The van der Waals surface area contributed by atoms with Crippen LogP contribution in [0.5, 0.6) is 5.75 Å². The monoisotopic (exact) mass is 366 g/mol. The maximum atomic E-state index is 12.8. The molecular formula is C22H26N2O3. The third-order valence-electron chi connectivity index (χ3n) is 4.95. The lowest BCUT2D eigenvalue weighted by atomic mass is 10.0. The molecule has 0 aromatic heterocycles. The highest BCUT2D eigenvalue weighted by Crippen LogP contribution is 2.25. The number of ketones is 1. The zero-order chi connectivity index (χ0) is 19.2. The van der Waals surface area contributed by atoms with Crippen molar-refractivity contribution in [3.63, 3.8) is 0 Å².